The van der Waals surface area contributed by atoms with E-state index in [-0.39, 0.29) is 5.75 Å². The number of benzene rings is 2. The molecule has 0 unspecified atom stereocenters. The van der Waals surface area contributed by atoms with Crippen molar-refractivity contribution in [3.8, 4) is 11.5 Å². The molecule has 5 heteroatoms. The summed E-state index contributed by atoms with van der Waals surface area (Å²) in [5.41, 5.74) is 0.966. The van der Waals surface area contributed by atoms with Crippen molar-refractivity contribution in [1.29, 1.82) is 0 Å². The monoisotopic (exact) mass is 308 g/mol. The lowest BCUT2D eigenvalue weighted by atomic mass is 10.2. The highest BCUT2D eigenvalue weighted by Gasteiger charge is 2.06. The van der Waals surface area contributed by atoms with Gasteiger partial charge in [-0.15, -0.1) is 11.8 Å². The third kappa shape index (κ3) is 4.47. The molecule has 0 atom stereocenters. The van der Waals surface area contributed by atoms with Crippen molar-refractivity contribution in [2.24, 2.45) is 0 Å². The molecular formula is C15H13ClO3S. The fourth-order valence-corrected chi connectivity index (χ4v) is 2.46. The van der Waals surface area contributed by atoms with Crippen LogP contribution in [0.15, 0.2) is 48.5 Å². The van der Waals surface area contributed by atoms with Gasteiger partial charge >= 0.3 is 5.97 Å². The average molecular weight is 309 g/mol. The average Bonchev–Trinajstić information content (AvgIpc) is 2.43. The van der Waals surface area contributed by atoms with E-state index in [1.54, 1.807) is 24.3 Å². The van der Waals surface area contributed by atoms with E-state index in [0.717, 1.165) is 11.3 Å². The molecular weight excluding hydrogens is 296 g/mol. The number of hydrogen-bond donors (Lipinski definition) is 1. The highest BCUT2D eigenvalue weighted by molar-refractivity contribution is 7.99. The maximum absolute atomic E-state index is 10.5. The number of rotatable bonds is 6. The molecule has 2 aromatic carbocycles. The third-order valence-electron chi connectivity index (χ3n) is 2.50. The van der Waals surface area contributed by atoms with Crippen LogP contribution < -0.4 is 4.74 Å². The number of carbonyl (C=O) groups is 1. The van der Waals surface area contributed by atoms with Gasteiger partial charge in [0.05, 0.1) is 5.75 Å². The van der Waals surface area contributed by atoms with E-state index in [2.05, 4.69) is 0 Å². The van der Waals surface area contributed by atoms with E-state index in [1.165, 1.54) is 11.8 Å². The minimum Gasteiger partial charge on any atom is -0.481 e. The Morgan fingerprint density at radius 1 is 1.15 bits per heavy atom. The van der Waals surface area contributed by atoms with Crippen LogP contribution in [0.4, 0.5) is 0 Å². The number of thioether (sulfide) groups is 1. The van der Waals surface area contributed by atoms with Crippen LogP contribution in [0.25, 0.3) is 0 Å². The second-order valence-electron chi connectivity index (χ2n) is 4.05. The van der Waals surface area contributed by atoms with Gasteiger partial charge in [-0.1, -0.05) is 29.8 Å². The van der Waals surface area contributed by atoms with Crippen LogP contribution in [0, 0.1) is 0 Å². The number of aliphatic carboxylic acids is 1. The van der Waals surface area contributed by atoms with Crippen LogP contribution in [0.1, 0.15) is 5.56 Å². The van der Waals surface area contributed by atoms with E-state index in [4.69, 9.17) is 21.4 Å². The molecule has 0 aliphatic heterocycles. The zero-order chi connectivity index (χ0) is 14.4. The van der Waals surface area contributed by atoms with Crippen molar-refractivity contribution < 1.29 is 14.6 Å². The molecule has 104 valence electrons. The molecule has 3 nitrogen and oxygen atoms in total. The number of hydrogen-bond acceptors (Lipinski definition) is 3. The molecule has 0 bridgehead atoms. The normalized spacial score (nSPS) is 10.2. The molecule has 0 aromatic heterocycles. The Bertz CT molecular complexity index is 584. The van der Waals surface area contributed by atoms with Gasteiger partial charge in [-0.25, -0.2) is 0 Å². The SMILES string of the molecule is O=C(O)CSCc1ccccc1Oc1ccc(Cl)cc1. The molecule has 0 amide bonds. The molecule has 0 fully saturated rings. The van der Waals surface area contributed by atoms with E-state index in [0.29, 0.717) is 16.5 Å². The van der Waals surface area contributed by atoms with Crippen LogP contribution in [-0.2, 0) is 10.5 Å². The standard InChI is InChI=1S/C15H13ClO3S/c16-12-5-7-13(8-6-12)19-14-4-2-1-3-11(14)9-20-10-15(17)18/h1-8H,9-10H2,(H,17,18). The van der Waals surface area contributed by atoms with Crippen molar-refractivity contribution in [2.75, 3.05) is 5.75 Å². The predicted octanol–water partition coefficient (Wildman–Crippen LogP) is 4.45. The van der Waals surface area contributed by atoms with Crippen LogP contribution in [-0.4, -0.2) is 16.8 Å². The Morgan fingerprint density at radius 3 is 2.55 bits per heavy atom. The molecule has 20 heavy (non-hydrogen) atoms. The summed E-state index contributed by atoms with van der Waals surface area (Å²) in [5.74, 6) is 1.29. The van der Waals surface area contributed by atoms with Gasteiger partial charge in [0.15, 0.2) is 0 Å². The summed E-state index contributed by atoms with van der Waals surface area (Å²) in [6.07, 6.45) is 0. The second kappa shape index (κ2) is 7.22. The van der Waals surface area contributed by atoms with E-state index in [9.17, 15) is 4.79 Å². The summed E-state index contributed by atoms with van der Waals surface area (Å²) in [5, 5.41) is 9.31. The Labute approximate surface area is 126 Å². The van der Waals surface area contributed by atoms with E-state index < -0.39 is 5.97 Å². The highest BCUT2D eigenvalue weighted by atomic mass is 35.5. The van der Waals surface area contributed by atoms with Gasteiger partial charge in [0.25, 0.3) is 0 Å². The molecule has 0 saturated heterocycles. The number of halogens is 1. The highest BCUT2D eigenvalue weighted by Crippen LogP contribution is 2.28. The lowest BCUT2D eigenvalue weighted by Gasteiger charge is -2.10. The van der Waals surface area contributed by atoms with Crippen molar-refractivity contribution in [3.63, 3.8) is 0 Å². The first-order valence-corrected chi connectivity index (χ1v) is 7.49. The van der Waals surface area contributed by atoms with Gasteiger partial charge in [0, 0.05) is 16.3 Å². The van der Waals surface area contributed by atoms with Gasteiger partial charge in [0.1, 0.15) is 11.5 Å². The minimum atomic E-state index is -0.814. The summed E-state index contributed by atoms with van der Waals surface area (Å²) in [6.45, 7) is 0. The smallest absolute Gasteiger partial charge is 0.313 e. The maximum atomic E-state index is 10.5. The largest absolute Gasteiger partial charge is 0.481 e. The first-order chi connectivity index (χ1) is 9.65. The van der Waals surface area contributed by atoms with Gasteiger partial charge in [-0.05, 0) is 30.3 Å². The zero-order valence-corrected chi connectivity index (χ0v) is 12.2. The van der Waals surface area contributed by atoms with Gasteiger partial charge in [-0.2, -0.15) is 0 Å². The van der Waals surface area contributed by atoms with Crippen molar-refractivity contribution in [1.82, 2.24) is 0 Å². The third-order valence-corrected chi connectivity index (χ3v) is 3.72. The van der Waals surface area contributed by atoms with Crippen LogP contribution in [0.2, 0.25) is 5.02 Å². The lowest BCUT2D eigenvalue weighted by molar-refractivity contribution is -0.133. The predicted molar refractivity (Wildman–Crippen MR) is 81.8 cm³/mol. The van der Waals surface area contributed by atoms with Gasteiger partial charge in [-0.3, -0.25) is 4.79 Å². The fraction of sp³-hybridized carbons (Fsp3) is 0.133. The number of carboxylic acids is 1. The zero-order valence-electron chi connectivity index (χ0n) is 10.6. The van der Waals surface area contributed by atoms with Crippen molar-refractivity contribution in [2.45, 2.75) is 5.75 Å². The first-order valence-electron chi connectivity index (χ1n) is 5.96. The molecule has 1 N–H and O–H groups in total. The second-order valence-corrected chi connectivity index (χ2v) is 5.47. The molecule has 0 saturated carbocycles. The quantitative estimate of drug-likeness (QED) is 0.856. The van der Waals surface area contributed by atoms with Gasteiger partial charge < -0.3 is 9.84 Å². The van der Waals surface area contributed by atoms with E-state index >= 15 is 0 Å². The molecule has 0 aliphatic rings. The molecule has 0 aliphatic carbocycles. The number of ether oxygens (including phenoxy) is 1. The van der Waals surface area contributed by atoms with Crippen molar-refractivity contribution >= 4 is 29.3 Å². The van der Waals surface area contributed by atoms with E-state index in [1.807, 2.05) is 24.3 Å². The number of para-hydroxylation sites is 1. The van der Waals surface area contributed by atoms with Crippen LogP contribution in [0.3, 0.4) is 0 Å². The molecule has 0 radical (unpaired) electrons. The first kappa shape index (κ1) is 14.8. The Morgan fingerprint density at radius 2 is 1.85 bits per heavy atom. The van der Waals surface area contributed by atoms with Crippen molar-refractivity contribution in [3.05, 3.63) is 59.1 Å². The summed E-state index contributed by atoms with van der Waals surface area (Å²) in [6, 6.07) is 14.7. The Balaban J connectivity index is 2.07. The van der Waals surface area contributed by atoms with Gasteiger partial charge in [0.2, 0.25) is 0 Å². The number of carboxylic acid groups (broad SMARTS) is 1. The molecule has 0 heterocycles. The fourth-order valence-electron chi connectivity index (χ4n) is 1.60. The minimum absolute atomic E-state index is 0.0787. The Kier molecular flexibility index (Phi) is 5.32. The molecule has 2 rings (SSSR count). The summed E-state index contributed by atoms with van der Waals surface area (Å²) in [4.78, 5) is 10.5. The molecule has 0 spiro atoms. The van der Waals surface area contributed by atoms with Crippen LogP contribution in [0.5, 0.6) is 11.5 Å². The molecule has 2 aromatic rings. The summed E-state index contributed by atoms with van der Waals surface area (Å²) < 4.78 is 5.80. The maximum Gasteiger partial charge on any atom is 0.313 e. The van der Waals surface area contributed by atoms with Crippen LogP contribution >= 0.6 is 23.4 Å². The Hall–Kier alpha value is -1.65. The topological polar surface area (TPSA) is 46.5 Å². The summed E-state index contributed by atoms with van der Waals surface area (Å²) in [7, 11) is 0. The lowest BCUT2D eigenvalue weighted by Crippen LogP contribution is -1.98. The summed E-state index contributed by atoms with van der Waals surface area (Å²) >= 11 is 7.17.